The van der Waals surface area contributed by atoms with Crippen molar-refractivity contribution in [2.45, 2.75) is 13.2 Å². The first kappa shape index (κ1) is 21.2. The third-order valence-corrected chi connectivity index (χ3v) is 3.79. The highest BCUT2D eigenvalue weighted by atomic mass is 35.5. The molecule has 0 radical (unpaired) electrons. The number of carbonyl (C=O) groups is 1. The molecule has 148 valence electrons. The van der Waals surface area contributed by atoms with E-state index in [2.05, 4.69) is 25.6 Å². The predicted octanol–water partition coefficient (Wildman–Crippen LogP) is 2.17. The summed E-state index contributed by atoms with van der Waals surface area (Å²) in [5, 5.41) is 12.8. The lowest BCUT2D eigenvalue weighted by Gasteiger charge is -2.09. The number of rotatable bonds is 9. The number of hydrogen-bond donors (Lipinski definition) is 3. The fourth-order valence-corrected chi connectivity index (χ4v) is 2.42. The van der Waals surface area contributed by atoms with Crippen LogP contribution in [0.4, 0.5) is 5.82 Å². The van der Waals surface area contributed by atoms with Gasteiger partial charge >= 0.3 is 0 Å². The summed E-state index contributed by atoms with van der Waals surface area (Å²) in [6, 6.07) is 17.9. The lowest BCUT2D eigenvalue weighted by atomic mass is 10.2. The summed E-state index contributed by atoms with van der Waals surface area (Å²) >= 11 is 0. The molecule has 0 aliphatic heterocycles. The highest BCUT2D eigenvalue weighted by Crippen LogP contribution is 2.15. The zero-order chi connectivity index (χ0) is 18.9. The fourth-order valence-electron chi connectivity index (χ4n) is 2.42. The minimum absolute atomic E-state index is 0. The molecule has 2 aromatic carbocycles. The molecule has 0 spiro atoms. The molecule has 3 rings (SSSR count). The average Bonchev–Trinajstić information content (AvgIpc) is 3.13. The Balaban J connectivity index is 0.00000280. The smallest absolute Gasteiger partial charge is 0.277 e. The number of nitrogens with zero attached hydrogens (tertiary/aromatic N) is 2. The van der Waals surface area contributed by atoms with E-state index in [1.807, 2.05) is 54.6 Å². The number of hydrogen-bond acceptors (Lipinski definition) is 7. The van der Waals surface area contributed by atoms with E-state index in [9.17, 15) is 4.79 Å². The Hall–Kier alpha value is -3.10. The van der Waals surface area contributed by atoms with Crippen LogP contribution in [-0.4, -0.2) is 29.3 Å². The molecule has 0 aliphatic carbocycles. The molecule has 0 unspecified atom stereocenters. The molecule has 1 aromatic heterocycles. The van der Waals surface area contributed by atoms with Gasteiger partial charge in [0, 0.05) is 19.6 Å². The highest BCUT2D eigenvalue weighted by molar-refractivity contribution is 5.95. The summed E-state index contributed by atoms with van der Waals surface area (Å²) in [6.07, 6.45) is 0. The number of ether oxygens (including phenoxy) is 1. The van der Waals surface area contributed by atoms with E-state index < -0.39 is 5.91 Å². The van der Waals surface area contributed by atoms with Gasteiger partial charge in [0.25, 0.3) is 5.91 Å². The van der Waals surface area contributed by atoms with Crippen molar-refractivity contribution in [1.82, 2.24) is 20.9 Å². The Kier molecular flexibility index (Phi) is 8.26. The number of benzene rings is 2. The minimum Gasteiger partial charge on any atom is -0.489 e. The molecule has 0 fully saturated rings. The van der Waals surface area contributed by atoms with Gasteiger partial charge in [-0.3, -0.25) is 4.79 Å². The largest absolute Gasteiger partial charge is 0.489 e. The van der Waals surface area contributed by atoms with Crippen molar-refractivity contribution in [3.05, 3.63) is 71.4 Å². The second kappa shape index (κ2) is 10.9. The number of nitrogen functional groups attached to an aromatic ring is 1. The standard InChI is InChI=1S/C19H21N5O3.ClH/c20-18-17(23-27-24-18)19(25)22-10-9-21-12-15-7-4-8-16(11-15)26-13-14-5-2-1-3-6-14;/h1-8,11,21H,9-10,12-13H2,(H2,20,24)(H,22,25);1H. The topological polar surface area (TPSA) is 115 Å². The van der Waals surface area contributed by atoms with Crippen molar-refractivity contribution in [1.29, 1.82) is 0 Å². The molecule has 9 heteroatoms. The van der Waals surface area contributed by atoms with E-state index in [1.165, 1.54) is 0 Å². The molecule has 0 bridgehead atoms. The van der Waals surface area contributed by atoms with Crippen LogP contribution in [0.25, 0.3) is 0 Å². The van der Waals surface area contributed by atoms with Gasteiger partial charge in [0.1, 0.15) is 12.4 Å². The number of halogens is 1. The van der Waals surface area contributed by atoms with E-state index in [0.29, 0.717) is 26.2 Å². The molecule has 28 heavy (non-hydrogen) atoms. The van der Waals surface area contributed by atoms with Crippen LogP contribution in [0.5, 0.6) is 5.75 Å². The maximum absolute atomic E-state index is 11.8. The van der Waals surface area contributed by atoms with Crippen molar-refractivity contribution < 1.29 is 14.2 Å². The molecule has 0 aliphatic rings. The highest BCUT2D eigenvalue weighted by Gasteiger charge is 2.14. The average molecular weight is 404 g/mol. The van der Waals surface area contributed by atoms with Crippen molar-refractivity contribution in [3.8, 4) is 5.75 Å². The van der Waals surface area contributed by atoms with Crippen molar-refractivity contribution in [2.24, 2.45) is 0 Å². The van der Waals surface area contributed by atoms with Crippen molar-refractivity contribution in [3.63, 3.8) is 0 Å². The van der Waals surface area contributed by atoms with Crippen LogP contribution < -0.4 is 21.1 Å². The summed E-state index contributed by atoms with van der Waals surface area (Å²) in [5.41, 5.74) is 7.69. The summed E-state index contributed by atoms with van der Waals surface area (Å²) in [4.78, 5) is 11.8. The lowest BCUT2D eigenvalue weighted by Crippen LogP contribution is -2.32. The van der Waals surface area contributed by atoms with Crippen LogP contribution in [0.1, 0.15) is 21.6 Å². The maximum atomic E-state index is 11.8. The second-order valence-corrected chi connectivity index (χ2v) is 5.85. The van der Waals surface area contributed by atoms with Crippen LogP contribution in [0, 0.1) is 0 Å². The minimum atomic E-state index is -0.410. The third-order valence-electron chi connectivity index (χ3n) is 3.79. The maximum Gasteiger partial charge on any atom is 0.277 e. The Labute approximate surface area is 168 Å². The van der Waals surface area contributed by atoms with Crippen LogP contribution in [0.3, 0.4) is 0 Å². The monoisotopic (exact) mass is 403 g/mol. The molecule has 3 aromatic rings. The summed E-state index contributed by atoms with van der Waals surface area (Å²) in [5.74, 6) is 0.389. The van der Waals surface area contributed by atoms with Gasteiger partial charge in [-0.25, -0.2) is 4.63 Å². The normalized spacial score (nSPS) is 10.1. The molecular formula is C19H22ClN5O3. The van der Waals surface area contributed by atoms with Gasteiger partial charge in [0.05, 0.1) is 0 Å². The van der Waals surface area contributed by atoms with Gasteiger partial charge in [0.15, 0.2) is 0 Å². The summed E-state index contributed by atoms with van der Waals surface area (Å²) in [7, 11) is 0. The van der Waals surface area contributed by atoms with E-state index in [-0.39, 0.29) is 23.9 Å². The summed E-state index contributed by atoms with van der Waals surface area (Å²) < 4.78 is 10.2. The zero-order valence-electron chi connectivity index (χ0n) is 15.1. The van der Waals surface area contributed by atoms with Gasteiger partial charge in [-0.05, 0) is 33.6 Å². The number of amides is 1. The summed E-state index contributed by atoms with van der Waals surface area (Å²) in [6.45, 7) is 2.21. The van der Waals surface area contributed by atoms with Gasteiger partial charge in [-0.15, -0.1) is 12.4 Å². The van der Waals surface area contributed by atoms with E-state index >= 15 is 0 Å². The SMILES string of the molecule is Cl.Nc1nonc1C(=O)NCCNCc1cccc(OCc2ccccc2)c1. The Morgan fingerprint density at radius 3 is 2.57 bits per heavy atom. The Morgan fingerprint density at radius 1 is 1.04 bits per heavy atom. The first-order chi connectivity index (χ1) is 13.2. The number of anilines is 1. The number of nitrogens with one attached hydrogen (secondary N) is 2. The first-order valence-corrected chi connectivity index (χ1v) is 8.55. The van der Waals surface area contributed by atoms with E-state index in [4.69, 9.17) is 10.5 Å². The number of aromatic nitrogens is 2. The fraction of sp³-hybridized carbons (Fsp3) is 0.211. The van der Waals surface area contributed by atoms with Gasteiger partial charge in [0.2, 0.25) is 11.5 Å². The van der Waals surface area contributed by atoms with Crippen LogP contribution in [0.15, 0.2) is 59.2 Å². The molecule has 4 N–H and O–H groups in total. The lowest BCUT2D eigenvalue weighted by molar-refractivity contribution is 0.0944. The van der Waals surface area contributed by atoms with Gasteiger partial charge in [-0.2, -0.15) is 0 Å². The molecule has 8 nitrogen and oxygen atoms in total. The van der Waals surface area contributed by atoms with Gasteiger partial charge in [-0.1, -0.05) is 42.5 Å². The predicted molar refractivity (Wildman–Crippen MR) is 107 cm³/mol. The molecule has 0 atom stereocenters. The molecule has 0 saturated heterocycles. The molecular weight excluding hydrogens is 382 g/mol. The van der Waals surface area contributed by atoms with E-state index in [0.717, 1.165) is 16.9 Å². The Morgan fingerprint density at radius 2 is 1.82 bits per heavy atom. The quantitative estimate of drug-likeness (QED) is 0.469. The Bertz CT molecular complexity index is 873. The molecule has 1 amide bonds. The van der Waals surface area contributed by atoms with Crippen molar-refractivity contribution in [2.75, 3.05) is 18.8 Å². The number of carbonyl (C=O) groups excluding carboxylic acids is 1. The third kappa shape index (κ3) is 6.26. The van der Waals surface area contributed by atoms with Crippen LogP contribution in [-0.2, 0) is 13.2 Å². The number of nitrogens with two attached hydrogens (primary N) is 1. The van der Waals surface area contributed by atoms with Crippen LogP contribution in [0.2, 0.25) is 0 Å². The van der Waals surface area contributed by atoms with Crippen molar-refractivity contribution >= 4 is 24.1 Å². The van der Waals surface area contributed by atoms with E-state index in [1.54, 1.807) is 0 Å². The zero-order valence-corrected chi connectivity index (χ0v) is 15.9. The first-order valence-electron chi connectivity index (χ1n) is 8.55. The molecule has 0 saturated carbocycles. The van der Waals surface area contributed by atoms with Gasteiger partial charge < -0.3 is 21.1 Å². The second-order valence-electron chi connectivity index (χ2n) is 5.85. The molecule has 1 heterocycles. The van der Waals surface area contributed by atoms with Crippen LogP contribution >= 0.6 is 12.4 Å².